The van der Waals surface area contributed by atoms with Crippen LogP contribution in [0.2, 0.25) is 5.02 Å². The van der Waals surface area contributed by atoms with E-state index in [1.54, 1.807) is 12.1 Å². The fourth-order valence-corrected chi connectivity index (χ4v) is 4.40. The predicted octanol–water partition coefficient (Wildman–Crippen LogP) is 4.56. The van der Waals surface area contributed by atoms with Crippen LogP contribution < -0.4 is 4.90 Å². The van der Waals surface area contributed by atoms with E-state index in [1.807, 2.05) is 35.4 Å². The Bertz CT molecular complexity index is 1250. The molecule has 1 amide bonds. The van der Waals surface area contributed by atoms with Gasteiger partial charge in [0, 0.05) is 37.4 Å². The normalized spacial score (nSPS) is 14.9. The van der Waals surface area contributed by atoms with Gasteiger partial charge in [-0.3, -0.25) is 4.79 Å². The molecule has 0 atom stereocenters. The van der Waals surface area contributed by atoms with Crippen molar-refractivity contribution in [3.63, 3.8) is 0 Å². The highest BCUT2D eigenvalue weighted by Gasteiger charge is 2.22. The minimum Gasteiger partial charge on any atom is -0.353 e. The van der Waals surface area contributed by atoms with Crippen LogP contribution in [0.3, 0.4) is 0 Å². The molecule has 2 aromatic heterocycles. The van der Waals surface area contributed by atoms with Crippen molar-refractivity contribution in [1.29, 1.82) is 0 Å². The molecular weight excluding hydrogens is 415 g/mol. The van der Waals surface area contributed by atoms with Crippen LogP contribution in [0.15, 0.2) is 60.8 Å². The van der Waals surface area contributed by atoms with Crippen LogP contribution in [0, 0.1) is 5.82 Å². The summed E-state index contributed by atoms with van der Waals surface area (Å²) in [5, 5.41) is 0.658. The Morgan fingerprint density at radius 2 is 1.84 bits per heavy atom. The number of anilines is 1. The lowest BCUT2D eigenvalue weighted by atomic mass is 10.1. The molecule has 0 bridgehead atoms. The van der Waals surface area contributed by atoms with Crippen LogP contribution in [0.1, 0.15) is 12.0 Å². The zero-order valence-corrected chi connectivity index (χ0v) is 17.7. The van der Waals surface area contributed by atoms with Gasteiger partial charge in [0.1, 0.15) is 5.82 Å². The van der Waals surface area contributed by atoms with Crippen LogP contribution in [0.4, 0.5) is 10.2 Å². The lowest BCUT2D eigenvalue weighted by molar-refractivity contribution is -0.130. The maximum Gasteiger partial charge on any atom is 0.227 e. The molecule has 1 aliphatic rings. The maximum absolute atomic E-state index is 13.1. The lowest BCUT2D eigenvalue weighted by Gasteiger charge is -2.24. The summed E-state index contributed by atoms with van der Waals surface area (Å²) >= 11 is 6.21. The summed E-state index contributed by atoms with van der Waals surface area (Å²) in [5.41, 5.74) is 3.73. The van der Waals surface area contributed by atoms with Crippen molar-refractivity contribution in [2.75, 3.05) is 31.1 Å². The molecule has 0 saturated carbocycles. The standard InChI is InChI=1S/C24H22ClFN4O/c25-18-6-9-21-20(16-18)27-24(22-3-1-12-30(21)22)29-11-2-10-28(13-14-29)23(31)15-17-4-7-19(26)8-5-17/h1,3-9,12,16H,2,10-11,13-15H2. The van der Waals surface area contributed by atoms with Gasteiger partial charge >= 0.3 is 0 Å². The highest BCUT2D eigenvalue weighted by Crippen LogP contribution is 2.27. The summed E-state index contributed by atoms with van der Waals surface area (Å²) in [4.78, 5) is 21.9. The smallest absolute Gasteiger partial charge is 0.227 e. The predicted molar refractivity (Wildman–Crippen MR) is 121 cm³/mol. The maximum atomic E-state index is 13.1. The summed E-state index contributed by atoms with van der Waals surface area (Å²) in [6.45, 7) is 2.85. The number of rotatable bonds is 3. The number of fused-ring (bicyclic) bond motifs is 3. The molecule has 3 heterocycles. The number of halogens is 2. The first-order valence-electron chi connectivity index (χ1n) is 10.4. The summed E-state index contributed by atoms with van der Waals surface area (Å²) in [5.74, 6) is 0.689. The summed E-state index contributed by atoms with van der Waals surface area (Å²) < 4.78 is 15.3. The zero-order chi connectivity index (χ0) is 21.4. The number of aromatic nitrogens is 2. The number of carbonyl (C=O) groups is 1. The van der Waals surface area contributed by atoms with Crippen molar-refractivity contribution < 1.29 is 9.18 Å². The Kier molecular flexibility index (Phi) is 5.24. The molecule has 5 rings (SSSR count). The van der Waals surface area contributed by atoms with Gasteiger partial charge in [-0.05, 0) is 54.4 Å². The second-order valence-corrected chi connectivity index (χ2v) is 8.29. The summed E-state index contributed by atoms with van der Waals surface area (Å²) in [7, 11) is 0. The van der Waals surface area contributed by atoms with E-state index in [2.05, 4.69) is 15.4 Å². The third-order valence-corrected chi connectivity index (χ3v) is 6.05. The summed E-state index contributed by atoms with van der Waals surface area (Å²) in [6.07, 6.45) is 3.18. The first-order valence-corrected chi connectivity index (χ1v) is 10.8. The van der Waals surface area contributed by atoms with E-state index >= 15 is 0 Å². The third kappa shape index (κ3) is 3.95. The molecule has 0 unspecified atom stereocenters. The average molecular weight is 437 g/mol. The number of carbonyl (C=O) groups excluding carboxylic acids is 1. The highest BCUT2D eigenvalue weighted by atomic mass is 35.5. The first kappa shape index (κ1) is 19.8. The van der Waals surface area contributed by atoms with Crippen LogP contribution in [-0.4, -0.2) is 46.4 Å². The van der Waals surface area contributed by atoms with Gasteiger partial charge in [0.15, 0.2) is 5.82 Å². The first-order chi connectivity index (χ1) is 15.1. The van der Waals surface area contributed by atoms with Crippen LogP contribution >= 0.6 is 11.6 Å². The van der Waals surface area contributed by atoms with Crippen molar-refractivity contribution in [2.45, 2.75) is 12.8 Å². The van der Waals surface area contributed by atoms with Crippen LogP contribution in [-0.2, 0) is 11.2 Å². The number of hydrogen-bond acceptors (Lipinski definition) is 3. The lowest BCUT2D eigenvalue weighted by Crippen LogP contribution is -2.36. The number of amides is 1. The van der Waals surface area contributed by atoms with Gasteiger partial charge in [-0.1, -0.05) is 23.7 Å². The van der Waals surface area contributed by atoms with Crippen molar-refractivity contribution in [3.05, 3.63) is 77.2 Å². The molecule has 2 aromatic carbocycles. The highest BCUT2D eigenvalue weighted by molar-refractivity contribution is 6.31. The van der Waals surface area contributed by atoms with E-state index in [-0.39, 0.29) is 18.1 Å². The van der Waals surface area contributed by atoms with Crippen molar-refractivity contribution in [1.82, 2.24) is 14.3 Å². The summed E-state index contributed by atoms with van der Waals surface area (Å²) in [6, 6.07) is 16.0. The molecule has 1 saturated heterocycles. The van der Waals surface area contributed by atoms with Crippen LogP contribution in [0.25, 0.3) is 16.6 Å². The Balaban J connectivity index is 1.37. The van der Waals surface area contributed by atoms with E-state index in [0.717, 1.165) is 40.9 Å². The third-order valence-electron chi connectivity index (χ3n) is 5.82. The SMILES string of the molecule is O=C(Cc1ccc(F)cc1)N1CCCN(c2nc3cc(Cl)ccc3n3cccc23)CC1. The largest absolute Gasteiger partial charge is 0.353 e. The van der Waals surface area contributed by atoms with Crippen molar-refractivity contribution in [2.24, 2.45) is 0 Å². The van der Waals surface area contributed by atoms with E-state index in [1.165, 1.54) is 12.1 Å². The quantitative estimate of drug-likeness (QED) is 0.472. The van der Waals surface area contributed by atoms with Gasteiger partial charge in [0.25, 0.3) is 0 Å². The van der Waals surface area contributed by atoms with E-state index in [9.17, 15) is 9.18 Å². The van der Waals surface area contributed by atoms with Gasteiger partial charge < -0.3 is 14.2 Å². The fourth-order valence-electron chi connectivity index (χ4n) is 4.23. The van der Waals surface area contributed by atoms with Gasteiger partial charge in [0.05, 0.1) is 23.0 Å². The van der Waals surface area contributed by atoms with Crippen molar-refractivity contribution in [3.8, 4) is 0 Å². The Morgan fingerprint density at radius 3 is 2.68 bits per heavy atom. The Morgan fingerprint density at radius 1 is 1.00 bits per heavy atom. The van der Waals surface area contributed by atoms with E-state index < -0.39 is 0 Å². The molecular formula is C24H22ClFN4O. The number of hydrogen-bond donors (Lipinski definition) is 0. The topological polar surface area (TPSA) is 40.9 Å². The molecule has 4 aromatic rings. The van der Waals surface area contributed by atoms with Gasteiger partial charge in [-0.15, -0.1) is 0 Å². The van der Waals surface area contributed by atoms with Gasteiger partial charge in [-0.2, -0.15) is 0 Å². The molecule has 31 heavy (non-hydrogen) atoms. The minimum absolute atomic E-state index is 0.0690. The van der Waals surface area contributed by atoms with Gasteiger partial charge in [0.2, 0.25) is 5.91 Å². The molecule has 7 heteroatoms. The second-order valence-electron chi connectivity index (χ2n) is 7.86. The molecule has 1 aliphatic heterocycles. The fraction of sp³-hybridized carbons (Fsp3) is 0.250. The number of benzene rings is 2. The monoisotopic (exact) mass is 436 g/mol. The average Bonchev–Trinajstić information content (AvgIpc) is 3.12. The molecule has 0 N–H and O–H groups in total. The van der Waals surface area contributed by atoms with Crippen molar-refractivity contribution >= 4 is 39.9 Å². The van der Waals surface area contributed by atoms with E-state index in [0.29, 0.717) is 24.7 Å². The Labute approximate surface area is 184 Å². The molecule has 0 radical (unpaired) electrons. The van der Waals surface area contributed by atoms with Crippen LogP contribution in [0.5, 0.6) is 0 Å². The van der Waals surface area contributed by atoms with Gasteiger partial charge in [-0.25, -0.2) is 9.37 Å². The molecule has 0 spiro atoms. The molecule has 158 valence electrons. The minimum atomic E-state index is -0.289. The van der Waals surface area contributed by atoms with E-state index in [4.69, 9.17) is 16.6 Å². The zero-order valence-electron chi connectivity index (χ0n) is 17.0. The number of nitrogens with zero attached hydrogens (tertiary/aromatic N) is 4. The second kappa shape index (κ2) is 8.19. The molecule has 5 nitrogen and oxygen atoms in total. The molecule has 0 aliphatic carbocycles. The Hall–Kier alpha value is -3.12. The molecule has 1 fully saturated rings.